The highest BCUT2D eigenvalue weighted by molar-refractivity contribution is 8.04. The average molecular weight is 460 g/mol. The van der Waals surface area contributed by atoms with Crippen molar-refractivity contribution in [3.8, 4) is 0 Å². The molecule has 4 rings (SSSR count). The van der Waals surface area contributed by atoms with Gasteiger partial charge in [-0.05, 0) is 43.3 Å². The molecule has 3 aromatic rings. The topological polar surface area (TPSA) is 52.6 Å². The quantitative estimate of drug-likeness (QED) is 0.272. The zero-order valence-corrected chi connectivity index (χ0v) is 19.1. The van der Waals surface area contributed by atoms with E-state index in [1.807, 2.05) is 18.7 Å². The third-order valence-electron chi connectivity index (χ3n) is 4.66. The molecule has 30 heavy (non-hydrogen) atoms. The average Bonchev–Trinajstić information content (AvgIpc) is 2.75. The maximum absolute atomic E-state index is 12.2. The van der Waals surface area contributed by atoms with E-state index in [1.165, 1.54) is 19.6 Å². The van der Waals surface area contributed by atoms with Gasteiger partial charge in [0.2, 0.25) is 0 Å². The van der Waals surface area contributed by atoms with E-state index in [0.29, 0.717) is 6.61 Å². The van der Waals surface area contributed by atoms with Crippen LogP contribution in [0.25, 0.3) is 0 Å². The van der Waals surface area contributed by atoms with Crippen LogP contribution in [0.15, 0.2) is 97.3 Å². The van der Waals surface area contributed by atoms with Crippen LogP contribution in [0.1, 0.15) is 5.56 Å². The van der Waals surface area contributed by atoms with Crippen molar-refractivity contribution in [1.82, 2.24) is 0 Å². The molecular formula is C23H23O4S3+. The van der Waals surface area contributed by atoms with E-state index in [9.17, 15) is 8.42 Å². The van der Waals surface area contributed by atoms with Crippen LogP contribution in [0.5, 0.6) is 0 Å². The van der Waals surface area contributed by atoms with Gasteiger partial charge in [0.1, 0.15) is 5.75 Å². The fraction of sp³-hybridized carbons (Fsp3) is 0.217. The normalized spacial score (nSPS) is 13.6. The summed E-state index contributed by atoms with van der Waals surface area (Å²) in [6, 6.07) is 23.7. The highest BCUT2D eigenvalue weighted by atomic mass is 32.2. The van der Waals surface area contributed by atoms with Crippen molar-refractivity contribution in [3.05, 3.63) is 78.4 Å². The predicted octanol–water partition coefficient (Wildman–Crippen LogP) is 4.92. The van der Waals surface area contributed by atoms with E-state index < -0.39 is 10.1 Å². The molecule has 0 radical (unpaired) electrons. The zero-order chi connectivity index (χ0) is 21.0. The minimum atomic E-state index is -3.75. The summed E-state index contributed by atoms with van der Waals surface area (Å²) >= 11 is 1.81. The van der Waals surface area contributed by atoms with E-state index in [0.717, 1.165) is 11.3 Å². The lowest BCUT2D eigenvalue weighted by Crippen LogP contribution is -2.19. The SMILES string of the molecule is Cc1ccc(S(=O)(=O)OCCOCC[S+]2c3ccccc3Sc3ccccc32)cc1. The van der Waals surface area contributed by atoms with Crippen LogP contribution in [0.4, 0.5) is 0 Å². The van der Waals surface area contributed by atoms with Gasteiger partial charge in [-0.3, -0.25) is 4.18 Å². The molecule has 156 valence electrons. The van der Waals surface area contributed by atoms with Crippen molar-refractivity contribution in [2.24, 2.45) is 0 Å². The first-order valence-corrected chi connectivity index (χ1v) is 13.3. The molecular weight excluding hydrogens is 436 g/mol. The van der Waals surface area contributed by atoms with Gasteiger partial charge in [0.05, 0.1) is 45.4 Å². The van der Waals surface area contributed by atoms with Gasteiger partial charge in [0, 0.05) is 0 Å². The maximum atomic E-state index is 12.2. The number of hydrogen-bond acceptors (Lipinski definition) is 5. The zero-order valence-electron chi connectivity index (χ0n) is 16.6. The number of fused-ring (bicyclic) bond motifs is 2. The maximum Gasteiger partial charge on any atom is 0.297 e. The molecule has 0 fully saturated rings. The Morgan fingerprint density at radius 3 is 2.03 bits per heavy atom. The summed E-state index contributed by atoms with van der Waals surface area (Å²) in [4.78, 5) is 5.47. The standard InChI is InChI=1S/C23H23O4S3/c1-18-10-12-19(13-11-18)30(24,25)27-15-14-26-16-17-29-22-8-4-2-6-20(22)28-21-7-3-5-9-23(21)29/h2-13H,14-17H2,1H3/q+1. The fourth-order valence-electron chi connectivity index (χ4n) is 3.15. The molecule has 1 aliphatic heterocycles. The summed E-state index contributed by atoms with van der Waals surface area (Å²) in [7, 11) is -3.80. The van der Waals surface area contributed by atoms with Crippen molar-refractivity contribution in [3.63, 3.8) is 0 Å². The third kappa shape index (κ3) is 4.92. The molecule has 1 heterocycles. The number of ether oxygens (including phenoxy) is 1. The van der Waals surface area contributed by atoms with Gasteiger partial charge in [-0.1, -0.05) is 53.7 Å². The molecule has 0 unspecified atom stereocenters. The van der Waals surface area contributed by atoms with E-state index in [-0.39, 0.29) is 29.0 Å². The van der Waals surface area contributed by atoms with Gasteiger partial charge in [-0.15, -0.1) is 0 Å². The van der Waals surface area contributed by atoms with Gasteiger partial charge in [-0.2, -0.15) is 8.42 Å². The Bertz CT molecular complexity index is 1070. The summed E-state index contributed by atoms with van der Waals surface area (Å²) in [6.45, 7) is 2.70. The van der Waals surface area contributed by atoms with Gasteiger partial charge in [-0.25, -0.2) is 0 Å². The number of aryl methyl sites for hydroxylation is 1. The molecule has 4 nitrogen and oxygen atoms in total. The predicted molar refractivity (Wildman–Crippen MR) is 121 cm³/mol. The molecule has 0 saturated carbocycles. The second-order valence-electron chi connectivity index (χ2n) is 6.79. The van der Waals surface area contributed by atoms with Crippen molar-refractivity contribution < 1.29 is 17.3 Å². The summed E-state index contributed by atoms with van der Waals surface area (Å²) in [5, 5.41) is 0. The van der Waals surface area contributed by atoms with Crippen LogP contribution in [-0.4, -0.2) is 34.0 Å². The Morgan fingerprint density at radius 2 is 1.40 bits per heavy atom. The fourth-order valence-corrected chi connectivity index (χ4v) is 7.84. The van der Waals surface area contributed by atoms with E-state index >= 15 is 0 Å². The Kier molecular flexibility index (Phi) is 6.85. The third-order valence-corrected chi connectivity index (χ3v) is 9.74. The van der Waals surface area contributed by atoms with Crippen molar-refractivity contribution >= 4 is 32.8 Å². The Labute approximate surface area is 185 Å². The van der Waals surface area contributed by atoms with E-state index in [4.69, 9.17) is 8.92 Å². The highest BCUT2D eigenvalue weighted by Gasteiger charge is 2.35. The number of benzene rings is 3. The van der Waals surface area contributed by atoms with E-state index in [2.05, 4.69) is 48.5 Å². The van der Waals surface area contributed by atoms with Crippen molar-refractivity contribution in [2.75, 3.05) is 25.6 Å². The van der Waals surface area contributed by atoms with Crippen LogP contribution in [-0.2, 0) is 29.9 Å². The minimum absolute atomic E-state index is 0.00696. The Morgan fingerprint density at radius 1 is 0.800 bits per heavy atom. The smallest absolute Gasteiger partial charge is 0.297 e. The second-order valence-corrected chi connectivity index (χ2v) is 11.6. The molecule has 0 saturated heterocycles. The van der Waals surface area contributed by atoms with Crippen LogP contribution in [0.3, 0.4) is 0 Å². The lowest BCUT2D eigenvalue weighted by molar-refractivity contribution is 0.114. The molecule has 0 aliphatic carbocycles. The lowest BCUT2D eigenvalue weighted by atomic mass is 10.2. The molecule has 0 aromatic heterocycles. The molecule has 0 bridgehead atoms. The van der Waals surface area contributed by atoms with Crippen molar-refractivity contribution in [2.45, 2.75) is 31.4 Å². The van der Waals surface area contributed by atoms with Gasteiger partial charge >= 0.3 is 0 Å². The Hall–Kier alpha value is -1.77. The minimum Gasteiger partial charge on any atom is -0.374 e. The molecule has 0 spiro atoms. The highest BCUT2D eigenvalue weighted by Crippen LogP contribution is 2.45. The summed E-state index contributed by atoms with van der Waals surface area (Å²) in [6.07, 6.45) is 0. The van der Waals surface area contributed by atoms with Crippen LogP contribution < -0.4 is 0 Å². The molecule has 0 atom stereocenters. The molecule has 7 heteroatoms. The van der Waals surface area contributed by atoms with Gasteiger partial charge in [0.15, 0.2) is 9.79 Å². The first-order chi connectivity index (χ1) is 14.5. The Balaban J connectivity index is 1.31. The van der Waals surface area contributed by atoms with Gasteiger partial charge in [0.25, 0.3) is 10.1 Å². The first kappa shape index (κ1) is 21.5. The second kappa shape index (κ2) is 9.58. The largest absolute Gasteiger partial charge is 0.374 e. The summed E-state index contributed by atoms with van der Waals surface area (Å²) < 4.78 is 35.3. The van der Waals surface area contributed by atoms with Gasteiger partial charge < -0.3 is 4.74 Å². The van der Waals surface area contributed by atoms with Crippen molar-refractivity contribution in [1.29, 1.82) is 0 Å². The molecule has 0 N–H and O–H groups in total. The number of rotatable bonds is 8. The summed E-state index contributed by atoms with van der Waals surface area (Å²) in [5.74, 6) is 0.860. The number of hydrogen-bond donors (Lipinski definition) is 0. The monoisotopic (exact) mass is 459 g/mol. The first-order valence-electron chi connectivity index (χ1n) is 9.65. The molecule has 0 amide bonds. The summed E-state index contributed by atoms with van der Waals surface area (Å²) in [5.41, 5.74) is 1.00. The van der Waals surface area contributed by atoms with Crippen LogP contribution in [0, 0.1) is 6.92 Å². The molecule has 3 aromatic carbocycles. The molecule has 1 aliphatic rings. The van der Waals surface area contributed by atoms with E-state index in [1.54, 1.807) is 24.3 Å². The van der Waals surface area contributed by atoms with Crippen LogP contribution >= 0.6 is 11.8 Å². The lowest BCUT2D eigenvalue weighted by Gasteiger charge is -2.19. The van der Waals surface area contributed by atoms with Crippen LogP contribution in [0.2, 0.25) is 0 Å².